The molecule has 0 aliphatic rings. The Balaban J connectivity index is 2.09. The van der Waals surface area contributed by atoms with Gasteiger partial charge in [0.1, 0.15) is 5.82 Å². The van der Waals surface area contributed by atoms with Gasteiger partial charge in [0.05, 0.1) is 17.1 Å². The molecule has 6 heteroatoms. The molecule has 138 valence electrons. The number of nitrogens with zero attached hydrogens (tertiary/aromatic N) is 2. The Labute approximate surface area is 160 Å². The molecule has 0 unspecified atom stereocenters. The van der Waals surface area contributed by atoms with Crippen molar-refractivity contribution in [3.05, 3.63) is 94.5 Å². The van der Waals surface area contributed by atoms with Gasteiger partial charge in [0.2, 0.25) is 0 Å². The summed E-state index contributed by atoms with van der Waals surface area (Å²) in [4.78, 5) is 29.0. The first-order valence-electron chi connectivity index (χ1n) is 8.69. The molecule has 4 rings (SSSR count). The lowest BCUT2D eigenvalue weighted by atomic mass is 10.1. The normalized spacial score (nSPS) is 10.8. The summed E-state index contributed by atoms with van der Waals surface area (Å²) in [6, 6.07) is 20.0. The van der Waals surface area contributed by atoms with Crippen LogP contribution in [0.15, 0.2) is 77.7 Å². The van der Waals surface area contributed by atoms with E-state index in [2.05, 4.69) is 10.3 Å². The quantitative estimate of drug-likeness (QED) is 0.536. The van der Waals surface area contributed by atoms with Crippen molar-refractivity contribution in [1.82, 2.24) is 9.55 Å². The predicted octanol–water partition coefficient (Wildman–Crippen LogP) is 4.47. The first-order chi connectivity index (χ1) is 13.6. The number of anilines is 2. The maximum Gasteiger partial charge on any atom is 0.194 e. The third kappa shape index (κ3) is 3.05. The molecule has 0 saturated heterocycles. The molecule has 0 amide bonds. The largest absolute Gasteiger partial charge is 0.341 e. The number of benzene rings is 2. The van der Waals surface area contributed by atoms with E-state index >= 15 is 0 Å². The molecule has 0 aliphatic heterocycles. The number of fused-ring (bicyclic) bond motifs is 1. The number of carbonyl (C=O) groups is 1. The molecule has 0 fully saturated rings. The zero-order valence-electron chi connectivity index (χ0n) is 15.0. The van der Waals surface area contributed by atoms with E-state index in [9.17, 15) is 14.0 Å². The van der Waals surface area contributed by atoms with Crippen molar-refractivity contribution >= 4 is 28.3 Å². The number of ketones is 1. The van der Waals surface area contributed by atoms with Crippen molar-refractivity contribution < 1.29 is 9.18 Å². The standard InChI is InChI=1S/C22H16FN3O2/c1-14(27)20-17(23)13-24-22-21(20)18(28)12-19(25-15-8-4-2-5-9-15)26(22)16-10-6-3-7-11-16/h2-13,25H,1H3. The van der Waals surface area contributed by atoms with Gasteiger partial charge in [-0.15, -0.1) is 0 Å². The van der Waals surface area contributed by atoms with Crippen LogP contribution in [0.3, 0.4) is 0 Å². The summed E-state index contributed by atoms with van der Waals surface area (Å²) in [7, 11) is 0. The Morgan fingerprint density at radius 1 is 1.04 bits per heavy atom. The van der Waals surface area contributed by atoms with Crippen LogP contribution in [-0.2, 0) is 0 Å². The molecule has 2 aromatic carbocycles. The van der Waals surface area contributed by atoms with E-state index in [-0.39, 0.29) is 16.6 Å². The number of halogens is 1. The first-order valence-corrected chi connectivity index (χ1v) is 8.69. The summed E-state index contributed by atoms with van der Waals surface area (Å²) < 4.78 is 16.0. The topological polar surface area (TPSA) is 64.0 Å². The van der Waals surface area contributed by atoms with Crippen molar-refractivity contribution in [2.45, 2.75) is 6.92 Å². The minimum Gasteiger partial charge on any atom is -0.341 e. The van der Waals surface area contributed by atoms with Crippen LogP contribution in [0.1, 0.15) is 17.3 Å². The minimum absolute atomic E-state index is 0.0324. The molecule has 0 radical (unpaired) electrons. The Kier molecular flexibility index (Phi) is 4.45. The van der Waals surface area contributed by atoms with Gasteiger partial charge in [-0.3, -0.25) is 14.2 Å². The number of hydrogen-bond donors (Lipinski definition) is 1. The average molecular weight is 373 g/mol. The molecule has 28 heavy (non-hydrogen) atoms. The lowest BCUT2D eigenvalue weighted by Gasteiger charge is -2.18. The summed E-state index contributed by atoms with van der Waals surface area (Å²) in [6.45, 7) is 1.24. The highest BCUT2D eigenvalue weighted by atomic mass is 19.1. The summed E-state index contributed by atoms with van der Waals surface area (Å²) in [5.41, 5.74) is 0.992. The van der Waals surface area contributed by atoms with Gasteiger partial charge in [0.15, 0.2) is 22.7 Å². The lowest BCUT2D eigenvalue weighted by molar-refractivity contribution is 0.101. The Hall–Kier alpha value is -3.80. The van der Waals surface area contributed by atoms with Crippen LogP contribution in [0.25, 0.3) is 16.7 Å². The monoisotopic (exact) mass is 373 g/mol. The SMILES string of the molecule is CC(=O)c1c(F)cnc2c1c(=O)cc(Nc1ccccc1)n2-c1ccccc1. The molecule has 4 aromatic rings. The number of nitrogens with one attached hydrogen (secondary N) is 1. The number of hydrogen-bond acceptors (Lipinski definition) is 4. The van der Waals surface area contributed by atoms with E-state index in [4.69, 9.17) is 0 Å². The van der Waals surface area contributed by atoms with Crippen LogP contribution in [0.4, 0.5) is 15.9 Å². The highest BCUT2D eigenvalue weighted by Crippen LogP contribution is 2.26. The van der Waals surface area contributed by atoms with Crippen LogP contribution in [0, 0.1) is 5.82 Å². The second-order valence-corrected chi connectivity index (χ2v) is 6.29. The zero-order valence-corrected chi connectivity index (χ0v) is 15.0. The molecular formula is C22H16FN3O2. The first kappa shape index (κ1) is 17.6. The van der Waals surface area contributed by atoms with E-state index in [0.717, 1.165) is 17.6 Å². The third-order valence-corrected chi connectivity index (χ3v) is 4.39. The number of aromatic nitrogens is 2. The predicted molar refractivity (Wildman–Crippen MR) is 107 cm³/mol. The zero-order chi connectivity index (χ0) is 19.7. The number of Topliss-reactive ketones (excluding diaryl/α,β-unsaturated/α-hetero) is 1. The molecule has 5 nitrogen and oxygen atoms in total. The van der Waals surface area contributed by atoms with Crippen molar-refractivity contribution in [3.63, 3.8) is 0 Å². The molecule has 0 spiro atoms. The molecule has 0 bridgehead atoms. The maximum absolute atomic E-state index is 14.3. The summed E-state index contributed by atoms with van der Waals surface area (Å²) in [6.07, 6.45) is 0.976. The lowest BCUT2D eigenvalue weighted by Crippen LogP contribution is -2.17. The molecule has 2 heterocycles. The van der Waals surface area contributed by atoms with Crippen molar-refractivity contribution in [2.75, 3.05) is 5.32 Å². The van der Waals surface area contributed by atoms with Gasteiger partial charge in [-0.25, -0.2) is 9.37 Å². The van der Waals surface area contributed by atoms with Crippen LogP contribution < -0.4 is 10.7 Å². The van der Waals surface area contributed by atoms with Gasteiger partial charge in [-0.1, -0.05) is 36.4 Å². The highest BCUT2D eigenvalue weighted by Gasteiger charge is 2.20. The van der Waals surface area contributed by atoms with E-state index in [1.165, 1.54) is 13.0 Å². The fourth-order valence-electron chi connectivity index (χ4n) is 3.20. The third-order valence-electron chi connectivity index (χ3n) is 4.39. The molecule has 1 N–H and O–H groups in total. The number of carbonyl (C=O) groups excluding carboxylic acids is 1. The average Bonchev–Trinajstić information content (AvgIpc) is 2.69. The Morgan fingerprint density at radius 2 is 1.68 bits per heavy atom. The van der Waals surface area contributed by atoms with Crippen LogP contribution >= 0.6 is 0 Å². The molecule has 0 saturated carbocycles. The van der Waals surface area contributed by atoms with Crippen molar-refractivity contribution in [1.29, 1.82) is 0 Å². The minimum atomic E-state index is -0.805. The highest BCUT2D eigenvalue weighted by molar-refractivity contribution is 6.06. The van der Waals surface area contributed by atoms with Gasteiger partial charge in [0, 0.05) is 17.4 Å². The maximum atomic E-state index is 14.3. The fourth-order valence-corrected chi connectivity index (χ4v) is 3.20. The van der Waals surface area contributed by atoms with Crippen molar-refractivity contribution in [2.24, 2.45) is 0 Å². The Morgan fingerprint density at radius 3 is 2.32 bits per heavy atom. The number of para-hydroxylation sites is 2. The van der Waals surface area contributed by atoms with Gasteiger partial charge in [-0.2, -0.15) is 0 Å². The second kappa shape index (κ2) is 7.08. The molecule has 0 atom stereocenters. The molecular weight excluding hydrogens is 357 g/mol. The summed E-state index contributed by atoms with van der Waals surface area (Å²) in [5.74, 6) is -0.866. The smallest absolute Gasteiger partial charge is 0.194 e. The molecule has 0 aliphatic carbocycles. The van der Waals surface area contributed by atoms with E-state index < -0.39 is 17.0 Å². The van der Waals surface area contributed by atoms with Gasteiger partial charge in [-0.05, 0) is 31.2 Å². The number of rotatable bonds is 4. The van der Waals surface area contributed by atoms with Crippen LogP contribution in [0.2, 0.25) is 0 Å². The fraction of sp³-hybridized carbons (Fsp3) is 0.0455. The van der Waals surface area contributed by atoms with E-state index in [1.807, 2.05) is 60.7 Å². The summed E-state index contributed by atoms with van der Waals surface area (Å²) >= 11 is 0. The summed E-state index contributed by atoms with van der Waals surface area (Å²) in [5, 5.41) is 3.18. The van der Waals surface area contributed by atoms with Crippen molar-refractivity contribution in [3.8, 4) is 5.69 Å². The van der Waals surface area contributed by atoms with Gasteiger partial charge < -0.3 is 5.32 Å². The second-order valence-electron chi connectivity index (χ2n) is 6.29. The van der Waals surface area contributed by atoms with E-state index in [1.54, 1.807) is 4.57 Å². The number of pyridine rings is 2. The Bertz CT molecular complexity index is 1240. The van der Waals surface area contributed by atoms with Gasteiger partial charge in [0.25, 0.3) is 0 Å². The van der Waals surface area contributed by atoms with Gasteiger partial charge >= 0.3 is 0 Å². The van der Waals surface area contributed by atoms with Crippen LogP contribution in [0.5, 0.6) is 0 Å². The van der Waals surface area contributed by atoms with Crippen LogP contribution in [-0.4, -0.2) is 15.3 Å². The van der Waals surface area contributed by atoms with E-state index in [0.29, 0.717) is 5.82 Å². The molecule has 2 aromatic heterocycles.